The quantitative estimate of drug-likeness (QED) is 0.00623. The van der Waals surface area contributed by atoms with Gasteiger partial charge in [0.2, 0.25) is 41.1 Å². The van der Waals surface area contributed by atoms with E-state index in [4.69, 9.17) is 19.0 Å². The number of carbonyl (C=O) groups excluding carboxylic acids is 13. The van der Waals surface area contributed by atoms with Crippen molar-refractivity contribution in [3.8, 4) is 0 Å². The summed E-state index contributed by atoms with van der Waals surface area (Å²) in [6, 6.07) is 9.39. The topological polar surface area (TPSA) is 594 Å². The highest BCUT2D eigenvalue weighted by atomic mass is 32.2. The van der Waals surface area contributed by atoms with Crippen LogP contribution in [0.5, 0.6) is 0 Å². The lowest BCUT2D eigenvalue weighted by molar-refractivity contribution is -0.433. The van der Waals surface area contributed by atoms with E-state index >= 15 is 0 Å². The van der Waals surface area contributed by atoms with E-state index in [-0.39, 0.29) is 132 Å². The van der Waals surface area contributed by atoms with Crippen LogP contribution in [0.1, 0.15) is 258 Å². The molecule has 150 heavy (non-hydrogen) atoms. The number of anilines is 1. The molecule has 3 aliphatic heterocycles. The van der Waals surface area contributed by atoms with Crippen LogP contribution in [0, 0.1) is 36.5 Å². The monoisotopic (exact) mass is 2130 g/mol. The van der Waals surface area contributed by atoms with E-state index in [1.54, 1.807) is 43.5 Å². The minimum atomic E-state index is -4.60. The molecule has 7 amide bonds. The number of carbonyl (C=O) groups is 18. The van der Waals surface area contributed by atoms with Gasteiger partial charge < -0.3 is 86.3 Å². The molecule has 824 valence electrons. The summed E-state index contributed by atoms with van der Waals surface area (Å²) in [7, 11) is -3.16. The molecule has 0 saturated carbocycles. The van der Waals surface area contributed by atoms with E-state index in [0.717, 1.165) is 18.0 Å². The first-order chi connectivity index (χ1) is 70.9. The molecule has 3 aliphatic rings. The highest BCUT2D eigenvalue weighted by Crippen LogP contribution is 2.49. The molecule has 12 N–H and O–H groups in total. The number of aryl methyl sites for hydroxylation is 1. The number of oxime groups is 1. The molecule has 1 saturated heterocycles. The van der Waals surface area contributed by atoms with Crippen LogP contribution in [0.15, 0.2) is 119 Å². The van der Waals surface area contributed by atoms with Gasteiger partial charge in [-0.3, -0.25) is 86.1 Å². The normalized spacial score (nSPS) is 16.1. The largest absolute Gasteiger partial charge is 0.481 e. The van der Waals surface area contributed by atoms with Gasteiger partial charge in [0.1, 0.15) is 38.2 Å². The van der Waals surface area contributed by atoms with Gasteiger partial charge in [-0.2, -0.15) is 24.8 Å². The molecule has 40 nitrogen and oxygen atoms in total. The number of ether oxygens (including phenoxy) is 3. The Morgan fingerprint density at radius 2 is 1.13 bits per heavy atom. The average molecular weight is 2130 g/mol. The predicted molar refractivity (Wildman–Crippen MR) is 559 cm³/mol. The molecule has 6 rings (SSSR count). The number of carboxylic acids is 5. The first kappa shape index (κ1) is 126. The minimum Gasteiger partial charge on any atom is -0.481 e. The molecule has 0 aliphatic carbocycles. The number of hydrogen-bond donors (Lipinski definition) is 12. The van der Waals surface area contributed by atoms with Crippen molar-refractivity contribution in [2.75, 3.05) is 83.2 Å². The predicted octanol–water partition coefficient (Wildman–Crippen LogP) is 11.1. The zero-order valence-corrected chi connectivity index (χ0v) is 89.8. The third kappa shape index (κ3) is 41.9. The summed E-state index contributed by atoms with van der Waals surface area (Å²) in [5.41, 5.74) is 7.16. The molecule has 42 heteroatoms. The molecule has 3 aromatic carbocycles. The van der Waals surface area contributed by atoms with Crippen LogP contribution in [0.2, 0.25) is 0 Å². The number of carboxylic acid groups (broad SMARTS) is 5. The Bertz CT molecular complexity index is 5570. The number of unbranched alkanes of at least 4 members (excludes halogenated alkanes) is 2. The Labute approximate surface area is 880 Å². The maximum absolute atomic E-state index is 14.9. The molecular weight excluding hydrogens is 1980 g/mol. The fourth-order valence-corrected chi connectivity index (χ4v) is 19.3. The van der Waals surface area contributed by atoms with Gasteiger partial charge in [-0.15, -0.1) is 0 Å². The second-order valence-corrected chi connectivity index (χ2v) is 42.2. The lowest BCUT2D eigenvalue weighted by Crippen LogP contribution is -2.52. The number of rotatable bonds is 72. The lowest BCUT2D eigenvalue weighted by atomic mass is 9.81. The molecule has 0 radical (unpaired) electrons. The van der Waals surface area contributed by atoms with Gasteiger partial charge in [0, 0.05) is 168 Å². The number of nitrogens with zero attached hydrogens (tertiary/aromatic N) is 4. The van der Waals surface area contributed by atoms with Crippen LogP contribution in [-0.4, -0.2) is 280 Å². The van der Waals surface area contributed by atoms with Crippen molar-refractivity contribution in [2.24, 2.45) is 34.7 Å². The number of likely N-dealkylation sites (tertiary alicyclic amines) is 1. The summed E-state index contributed by atoms with van der Waals surface area (Å²) < 4.78 is 52.9. The molecule has 3 aromatic rings. The third-order valence-electron chi connectivity index (χ3n) is 26.3. The van der Waals surface area contributed by atoms with Crippen LogP contribution in [0.25, 0.3) is 0 Å². The summed E-state index contributed by atoms with van der Waals surface area (Å²) in [5, 5.41) is 69.3. The number of benzene rings is 3. The molecule has 1 fully saturated rings. The third-order valence-corrected chi connectivity index (χ3v) is 27.8. The molecule has 9 atom stereocenters. The number of hydrogen-bond acceptors (Lipinski definition) is 27. The second kappa shape index (κ2) is 62.7. The number of aliphatic carboxylic acids is 5. The van der Waals surface area contributed by atoms with E-state index in [2.05, 4.69) is 93.6 Å². The first-order valence-corrected chi connectivity index (χ1v) is 53.9. The zero-order chi connectivity index (χ0) is 111. The smallest absolute Gasteiger partial charge is 0.407 e. The van der Waals surface area contributed by atoms with Crippen LogP contribution in [-0.2, 0) is 128 Å². The molecule has 3 heterocycles. The Morgan fingerprint density at radius 1 is 0.567 bits per heavy atom. The Hall–Kier alpha value is -12.8. The van der Waals surface area contributed by atoms with Gasteiger partial charge in [0.05, 0.1) is 59.4 Å². The number of alkyl carbamates (subject to hydrolysis) is 1. The molecule has 0 aromatic heterocycles. The molecule has 0 unspecified atom stereocenters. The maximum Gasteiger partial charge on any atom is 0.407 e. The fraction of sp³-hybridized carbons (Fsp3) is 0.574. The summed E-state index contributed by atoms with van der Waals surface area (Å²) in [4.78, 5) is 251. The van der Waals surface area contributed by atoms with Crippen LogP contribution >= 0.6 is 11.8 Å². The van der Waals surface area contributed by atoms with Crippen molar-refractivity contribution in [2.45, 2.75) is 295 Å². The highest BCUT2D eigenvalue weighted by Gasteiger charge is 2.46. The first-order valence-electron chi connectivity index (χ1n) is 51.1. The number of nitrogens with one attached hydrogen (secondary N) is 6. The maximum atomic E-state index is 14.9. The van der Waals surface area contributed by atoms with E-state index in [9.17, 15) is 125 Å². The van der Waals surface area contributed by atoms with E-state index in [0.29, 0.717) is 59.6 Å². The number of Topliss-reactive ketones (excluding diaryl/α,β-unsaturated/α-hetero) is 6. The summed E-state index contributed by atoms with van der Waals surface area (Å²) in [6.07, 6.45) is 6.26. The number of allylic oxidation sites excluding steroid dienone is 8. The average Bonchev–Trinajstić information content (AvgIpc) is 1.59. The van der Waals surface area contributed by atoms with Gasteiger partial charge in [0.15, 0.2) is 34.6 Å². The number of fused-ring (bicyclic) bond motifs is 2. The van der Waals surface area contributed by atoms with Gasteiger partial charge in [-0.1, -0.05) is 119 Å². The lowest BCUT2D eigenvalue weighted by Gasteiger charge is -2.27. The standard InChI is InChI=1S/C108H150N10O30S2/c1-14-116-85-41-30-69(6)59-78(85)107(8,9)93(116)28-20-16-15-17-21-29-94-108(10,11)79-64-77(150(142,143)144)38-42-86(79)117(94)51-22-18-19-25-76(119)61-73(35-45-97(127)128)102(137)111-80(39-48-100(133)134)91(123)62-74(36-46-98(129)130)103(138)112-81(40-49-101(135)136)92(124)63-75(37-47-99(131)132)104(139)113-83(60-71-31-33-72(34-32-71)70(7)115-148-54-50-109-106(141)147-56-55-145-12)88(120)27-24-53-146-65-96(126)118-52-23-26-87(118)105(140)114-82(57-67(2)3)89(121)43-44-95(125)110-84(66-149-13)90(122)58-68(4)5/h15-17,20-21,28-34,38,41-42,59,64,67-68,73-75,80-84,87H,14,18-19,22-27,35-37,39-40,43-58,60-63,65-66H2,1-13H3,(H11-,109,110,111,112,113,114,125,127,128,129,130,131,132,133,134,135,136,137,138,139,140,141,142,143,144)/p+1/b115-70+/t73-,74-,75-,80+,81+,82-,83-,84-,87-/m0/s1. The summed E-state index contributed by atoms with van der Waals surface area (Å²) >= 11 is 1.39. The van der Waals surface area contributed by atoms with Gasteiger partial charge in [-0.25, -0.2) is 4.79 Å². The van der Waals surface area contributed by atoms with Crippen molar-refractivity contribution >= 4 is 151 Å². The molecule has 0 spiro atoms. The Balaban J connectivity index is 1.16. The van der Waals surface area contributed by atoms with E-state index in [1.165, 1.54) is 52.7 Å². The SMILES string of the molecule is CC[N+]1=C(/C=C/C=C/C=C/C=C2/N(CCCCCC(=O)C[C@H](CCC(=O)O)C(=O)N[C@H](CCC(=O)O)C(=O)C[C@H](CCC(=O)O)C(=O)N[C@H](CCC(=O)O)C(=O)C[C@H](CCC(=O)O)C(=O)N[C@@H](Cc3ccc(/C(C)=N/OCCNC(=O)OCCOC)cc3)C(=O)CCCOCC(=O)N3CCC[C@H]3C(=O)N[C@@H](CC(C)C)C(=O)CCC(=O)N[C@@H](CSC)C(=O)CC(C)C)c3ccc(S(=O)(=O)O)cc3C2(C)C)C(C)(C)c2cc(C)ccc21. The van der Waals surface area contributed by atoms with E-state index < -0.39 is 260 Å². The second-order valence-electron chi connectivity index (χ2n) is 39.8. The highest BCUT2D eigenvalue weighted by molar-refractivity contribution is 7.98. The van der Waals surface area contributed by atoms with Crippen molar-refractivity contribution in [3.63, 3.8) is 0 Å². The van der Waals surface area contributed by atoms with Crippen LogP contribution in [0.3, 0.4) is 0 Å². The van der Waals surface area contributed by atoms with Gasteiger partial charge in [0.25, 0.3) is 10.1 Å². The fourth-order valence-electron chi connectivity index (χ4n) is 18.2. The van der Waals surface area contributed by atoms with Crippen LogP contribution in [0.4, 0.5) is 16.2 Å². The molecule has 0 bridgehead atoms. The summed E-state index contributed by atoms with van der Waals surface area (Å²) in [6.45, 7) is 22.2. The minimum absolute atomic E-state index is 0.0192. The number of thioether (sulfide) groups is 1. The van der Waals surface area contributed by atoms with Crippen molar-refractivity contribution in [1.29, 1.82) is 0 Å². The van der Waals surface area contributed by atoms with Crippen molar-refractivity contribution < 1.29 is 148 Å². The Kier molecular flexibility index (Phi) is 52.6. The number of methoxy groups -OCH3 is 1. The summed E-state index contributed by atoms with van der Waals surface area (Å²) in [5.74, 6) is -20.6. The van der Waals surface area contributed by atoms with Gasteiger partial charge in [-0.05, 0) is 177 Å². The molecular formula is C108H151N10O30S2+. The Morgan fingerprint density at radius 3 is 1.70 bits per heavy atom. The van der Waals surface area contributed by atoms with Crippen LogP contribution < -0.4 is 36.8 Å². The van der Waals surface area contributed by atoms with E-state index in [1.807, 2.05) is 82.9 Å². The number of amides is 7. The zero-order valence-electron chi connectivity index (χ0n) is 88.2. The number of ketones is 6. The van der Waals surface area contributed by atoms with Crippen molar-refractivity contribution in [1.82, 2.24) is 36.8 Å². The van der Waals surface area contributed by atoms with Gasteiger partial charge >= 0.3 is 35.9 Å². The van der Waals surface area contributed by atoms with Crippen molar-refractivity contribution in [3.05, 3.63) is 137 Å².